The van der Waals surface area contributed by atoms with Gasteiger partial charge >= 0.3 is 0 Å². The van der Waals surface area contributed by atoms with Crippen LogP contribution in [0, 0.1) is 0 Å². The van der Waals surface area contributed by atoms with Gasteiger partial charge in [0.1, 0.15) is 5.54 Å². The van der Waals surface area contributed by atoms with E-state index in [1.807, 2.05) is 0 Å². The monoisotopic (exact) mass is 295 g/mol. The van der Waals surface area contributed by atoms with Crippen LogP contribution in [0.2, 0.25) is 0 Å². The number of fused-ring (bicyclic) bond motifs is 1. The molecule has 112 valence electrons. The number of thiophene rings is 1. The Labute approximate surface area is 125 Å². The Hall–Kier alpha value is -0.910. The minimum atomic E-state index is -0.652. The van der Waals surface area contributed by atoms with Gasteiger partial charge in [0.15, 0.2) is 0 Å². The second kappa shape index (κ2) is 6.70. The molecular weight excluding hydrogens is 270 g/mol. The SMILES string of the molecule is CCN(CC)CCNC1(C(N)=O)CCCc2sccc21. The predicted octanol–water partition coefficient (Wildman–Crippen LogP) is 1.70. The van der Waals surface area contributed by atoms with Crippen LogP contribution in [0.15, 0.2) is 11.4 Å². The van der Waals surface area contributed by atoms with E-state index in [1.54, 1.807) is 11.3 Å². The Morgan fingerprint density at radius 1 is 1.50 bits per heavy atom. The number of amides is 1. The first-order valence-electron chi connectivity index (χ1n) is 7.48. The van der Waals surface area contributed by atoms with Crippen molar-refractivity contribution in [2.24, 2.45) is 5.73 Å². The third-order valence-corrected chi connectivity index (χ3v) is 5.31. The zero-order chi connectivity index (χ0) is 14.6. The van der Waals surface area contributed by atoms with Gasteiger partial charge in [-0.1, -0.05) is 13.8 Å². The molecule has 0 fully saturated rings. The number of nitrogens with two attached hydrogens (primary N) is 1. The number of carbonyl (C=O) groups is 1. The molecule has 0 saturated heterocycles. The molecule has 1 atom stereocenters. The average molecular weight is 295 g/mol. The first-order chi connectivity index (χ1) is 9.64. The summed E-state index contributed by atoms with van der Waals surface area (Å²) in [6, 6.07) is 2.06. The van der Waals surface area contributed by atoms with Gasteiger partial charge < -0.3 is 10.6 Å². The van der Waals surface area contributed by atoms with E-state index in [4.69, 9.17) is 5.73 Å². The molecule has 1 aromatic rings. The van der Waals surface area contributed by atoms with Gasteiger partial charge in [-0.05, 0) is 49.4 Å². The maximum atomic E-state index is 12.1. The number of hydrogen-bond donors (Lipinski definition) is 2. The molecule has 1 aromatic heterocycles. The fourth-order valence-corrected chi connectivity index (χ4v) is 4.06. The normalized spacial score (nSPS) is 21.9. The Morgan fingerprint density at radius 3 is 2.90 bits per heavy atom. The molecule has 0 aromatic carbocycles. The van der Waals surface area contributed by atoms with Crippen LogP contribution in [-0.2, 0) is 16.8 Å². The summed E-state index contributed by atoms with van der Waals surface area (Å²) in [4.78, 5) is 15.8. The average Bonchev–Trinajstić information content (AvgIpc) is 2.92. The lowest BCUT2D eigenvalue weighted by atomic mass is 9.79. The molecule has 20 heavy (non-hydrogen) atoms. The summed E-state index contributed by atoms with van der Waals surface area (Å²) in [6.07, 6.45) is 2.90. The Balaban J connectivity index is 2.11. The minimum absolute atomic E-state index is 0.239. The number of likely N-dealkylation sites (N-methyl/N-ethyl adjacent to an activating group) is 1. The fourth-order valence-electron chi connectivity index (χ4n) is 3.06. The number of nitrogens with zero attached hydrogens (tertiary/aromatic N) is 1. The van der Waals surface area contributed by atoms with Crippen molar-refractivity contribution >= 4 is 17.2 Å². The summed E-state index contributed by atoms with van der Waals surface area (Å²) in [5.74, 6) is -0.239. The number of primary amides is 1. The standard InChI is InChI=1S/C15H25N3OS/c1-3-18(4-2)10-9-17-15(14(16)19)8-5-6-13-12(15)7-11-20-13/h7,11,17H,3-6,8-10H2,1-2H3,(H2,16,19). The molecule has 5 heteroatoms. The maximum Gasteiger partial charge on any atom is 0.242 e. The highest BCUT2D eigenvalue weighted by molar-refractivity contribution is 7.10. The Bertz CT molecular complexity index is 456. The van der Waals surface area contributed by atoms with Crippen LogP contribution in [0.4, 0.5) is 0 Å². The highest BCUT2D eigenvalue weighted by atomic mass is 32.1. The first kappa shape index (κ1) is 15.5. The molecule has 4 nitrogen and oxygen atoms in total. The summed E-state index contributed by atoms with van der Waals surface area (Å²) in [7, 11) is 0. The van der Waals surface area contributed by atoms with Crippen molar-refractivity contribution in [1.29, 1.82) is 0 Å². The summed E-state index contributed by atoms with van der Waals surface area (Å²) in [5, 5.41) is 5.54. The van der Waals surface area contributed by atoms with Gasteiger partial charge in [-0.3, -0.25) is 10.1 Å². The van der Waals surface area contributed by atoms with Gasteiger partial charge in [0.05, 0.1) is 0 Å². The van der Waals surface area contributed by atoms with Crippen LogP contribution in [0.1, 0.15) is 37.1 Å². The van der Waals surface area contributed by atoms with Gasteiger partial charge in [-0.15, -0.1) is 11.3 Å². The van der Waals surface area contributed by atoms with E-state index in [2.05, 4.69) is 35.5 Å². The molecule has 2 rings (SSSR count). The first-order valence-corrected chi connectivity index (χ1v) is 8.36. The van der Waals surface area contributed by atoms with Crippen molar-refractivity contribution in [1.82, 2.24) is 10.2 Å². The van der Waals surface area contributed by atoms with E-state index >= 15 is 0 Å². The highest BCUT2D eigenvalue weighted by Gasteiger charge is 2.42. The number of rotatable bonds is 7. The molecule has 0 spiro atoms. The van der Waals surface area contributed by atoms with Crippen LogP contribution >= 0.6 is 11.3 Å². The molecule has 0 radical (unpaired) electrons. The summed E-state index contributed by atoms with van der Waals surface area (Å²) in [6.45, 7) is 8.12. The fraction of sp³-hybridized carbons (Fsp3) is 0.667. The molecule has 3 N–H and O–H groups in total. The van der Waals surface area contributed by atoms with Gasteiger partial charge in [-0.25, -0.2) is 0 Å². The Kier molecular flexibility index (Phi) is 5.18. The van der Waals surface area contributed by atoms with Crippen molar-refractivity contribution < 1.29 is 4.79 Å². The molecular formula is C15H25N3OS. The molecule has 1 aliphatic carbocycles. The number of aryl methyl sites for hydroxylation is 1. The topological polar surface area (TPSA) is 58.4 Å². The third-order valence-electron chi connectivity index (χ3n) is 4.33. The van der Waals surface area contributed by atoms with E-state index < -0.39 is 5.54 Å². The largest absolute Gasteiger partial charge is 0.368 e. The van der Waals surface area contributed by atoms with Gasteiger partial charge in [0.2, 0.25) is 5.91 Å². The van der Waals surface area contributed by atoms with E-state index in [-0.39, 0.29) is 5.91 Å². The quantitative estimate of drug-likeness (QED) is 0.805. The van der Waals surface area contributed by atoms with Crippen LogP contribution in [0.3, 0.4) is 0 Å². The summed E-state index contributed by atoms with van der Waals surface area (Å²) < 4.78 is 0. The van der Waals surface area contributed by atoms with Gasteiger partial charge in [0.25, 0.3) is 0 Å². The smallest absolute Gasteiger partial charge is 0.242 e. The van der Waals surface area contributed by atoms with Crippen molar-refractivity contribution in [2.75, 3.05) is 26.2 Å². The van der Waals surface area contributed by atoms with Crippen LogP contribution < -0.4 is 11.1 Å². The summed E-state index contributed by atoms with van der Waals surface area (Å²) in [5.41, 5.74) is 6.21. The van der Waals surface area contributed by atoms with Gasteiger partial charge in [0, 0.05) is 18.0 Å². The maximum absolute atomic E-state index is 12.1. The zero-order valence-electron chi connectivity index (χ0n) is 12.4. The number of hydrogen-bond acceptors (Lipinski definition) is 4. The van der Waals surface area contributed by atoms with Crippen molar-refractivity contribution in [3.8, 4) is 0 Å². The Morgan fingerprint density at radius 2 is 2.25 bits per heavy atom. The van der Waals surface area contributed by atoms with Crippen molar-refractivity contribution in [3.63, 3.8) is 0 Å². The van der Waals surface area contributed by atoms with E-state index in [0.717, 1.165) is 51.0 Å². The highest BCUT2D eigenvalue weighted by Crippen LogP contribution is 2.38. The van der Waals surface area contributed by atoms with Crippen LogP contribution in [0.5, 0.6) is 0 Å². The molecule has 0 saturated carbocycles. The lowest BCUT2D eigenvalue weighted by molar-refractivity contribution is -0.125. The lowest BCUT2D eigenvalue weighted by Gasteiger charge is -2.36. The van der Waals surface area contributed by atoms with E-state index in [0.29, 0.717) is 0 Å². The molecule has 0 aliphatic heterocycles. The number of nitrogens with one attached hydrogen (secondary N) is 1. The van der Waals surface area contributed by atoms with E-state index in [9.17, 15) is 4.79 Å². The zero-order valence-corrected chi connectivity index (χ0v) is 13.3. The minimum Gasteiger partial charge on any atom is -0.368 e. The molecule has 1 heterocycles. The molecule has 1 unspecified atom stereocenters. The van der Waals surface area contributed by atoms with E-state index in [1.165, 1.54) is 4.88 Å². The lowest BCUT2D eigenvalue weighted by Crippen LogP contribution is -2.55. The second-order valence-corrected chi connectivity index (χ2v) is 6.33. The van der Waals surface area contributed by atoms with Crippen molar-refractivity contribution in [3.05, 3.63) is 21.9 Å². The predicted molar refractivity (Wildman–Crippen MR) is 83.9 cm³/mol. The van der Waals surface area contributed by atoms with Gasteiger partial charge in [-0.2, -0.15) is 0 Å². The number of carbonyl (C=O) groups excluding carboxylic acids is 1. The van der Waals surface area contributed by atoms with Crippen LogP contribution in [-0.4, -0.2) is 37.0 Å². The van der Waals surface area contributed by atoms with Crippen LogP contribution in [0.25, 0.3) is 0 Å². The molecule has 1 aliphatic rings. The molecule has 1 amide bonds. The second-order valence-electron chi connectivity index (χ2n) is 5.33. The summed E-state index contributed by atoms with van der Waals surface area (Å²) >= 11 is 1.74. The molecule has 0 bridgehead atoms. The third kappa shape index (κ3) is 2.90. The van der Waals surface area contributed by atoms with Crippen molar-refractivity contribution in [2.45, 2.75) is 38.6 Å².